The summed E-state index contributed by atoms with van der Waals surface area (Å²) in [6.45, 7) is 0. The van der Waals surface area contributed by atoms with Crippen LogP contribution in [-0.2, 0) is 0 Å². The first kappa shape index (κ1) is 13.8. The maximum Gasteiger partial charge on any atom is 0.145 e. The second kappa shape index (κ2) is 6.08. The monoisotopic (exact) mass is 283 g/mol. The molecule has 1 fully saturated rings. The van der Waals surface area contributed by atoms with Crippen molar-refractivity contribution in [2.24, 2.45) is 0 Å². The first-order valence-electron chi connectivity index (χ1n) is 7.33. The number of nitrogens with one attached hydrogen (secondary N) is 1. The van der Waals surface area contributed by atoms with E-state index in [2.05, 4.69) is 35.6 Å². The zero-order valence-electron chi connectivity index (χ0n) is 12.5. The van der Waals surface area contributed by atoms with E-state index in [1.807, 2.05) is 18.2 Å². The molecular weight excluding hydrogens is 262 g/mol. The van der Waals surface area contributed by atoms with E-state index in [0.29, 0.717) is 12.0 Å². The van der Waals surface area contributed by atoms with Gasteiger partial charge in [0.2, 0.25) is 0 Å². The lowest BCUT2D eigenvalue weighted by molar-refractivity contribution is 0.368. The smallest absolute Gasteiger partial charge is 0.145 e. The Kier molecular flexibility index (Phi) is 4.00. The Hall–Kier alpha value is -2.16. The number of anilines is 1. The van der Waals surface area contributed by atoms with Crippen LogP contribution < -0.4 is 14.8 Å². The van der Waals surface area contributed by atoms with Crippen LogP contribution in [0, 0.1) is 0 Å². The predicted octanol–water partition coefficient (Wildman–Crippen LogP) is 4.06. The van der Waals surface area contributed by atoms with Crippen LogP contribution in [0.3, 0.4) is 0 Å². The lowest BCUT2D eigenvalue weighted by Gasteiger charge is -2.37. The number of hydrogen-bond donors (Lipinski definition) is 1. The molecule has 110 valence electrons. The molecule has 0 saturated heterocycles. The average molecular weight is 283 g/mol. The highest BCUT2D eigenvalue weighted by Gasteiger charge is 2.30. The largest absolute Gasteiger partial charge is 0.497 e. The number of hydrogen-bond acceptors (Lipinski definition) is 3. The van der Waals surface area contributed by atoms with Crippen molar-refractivity contribution >= 4 is 5.69 Å². The zero-order valence-corrected chi connectivity index (χ0v) is 12.5. The van der Waals surface area contributed by atoms with E-state index in [0.717, 1.165) is 17.2 Å². The molecule has 0 bridgehead atoms. The Morgan fingerprint density at radius 2 is 1.71 bits per heavy atom. The van der Waals surface area contributed by atoms with Crippen LogP contribution in [-0.4, -0.2) is 20.3 Å². The van der Waals surface area contributed by atoms with Gasteiger partial charge in [-0.15, -0.1) is 0 Å². The van der Waals surface area contributed by atoms with Gasteiger partial charge in [-0.3, -0.25) is 0 Å². The van der Waals surface area contributed by atoms with Crippen LogP contribution >= 0.6 is 0 Å². The third kappa shape index (κ3) is 2.97. The second-order valence-electron chi connectivity index (χ2n) is 5.49. The third-order valence-corrected chi connectivity index (χ3v) is 4.18. The first-order chi connectivity index (χ1) is 10.3. The molecule has 1 N–H and O–H groups in total. The van der Waals surface area contributed by atoms with Gasteiger partial charge in [-0.1, -0.05) is 30.3 Å². The van der Waals surface area contributed by atoms with Crippen LogP contribution in [0.2, 0.25) is 0 Å². The van der Waals surface area contributed by atoms with E-state index in [9.17, 15) is 0 Å². The van der Waals surface area contributed by atoms with E-state index in [1.54, 1.807) is 14.2 Å². The fraction of sp³-hybridized carbons (Fsp3) is 0.333. The van der Waals surface area contributed by atoms with Gasteiger partial charge in [-0.2, -0.15) is 0 Å². The molecule has 3 rings (SSSR count). The van der Waals surface area contributed by atoms with Gasteiger partial charge in [-0.25, -0.2) is 0 Å². The lowest BCUT2D eigenvalue weighted by Crippen LogP contribution is -2.34. The van der Waals surface area contributed by atoms with Crippen LogP contribution in [0.5, 0.6) is 11.5 Å². The van der Waals surface area contributed by atoms with Gasteiger partial charge in [0.25, 0.3) is 0 Å². The van der Waals surface area contributed by atoms with Gasteiger partial charge < -0.3 is 14.8 Å². The molecule has 0 atom stereocenters. The van der Waals surface area contributed by atoms with Crippen molar-refractivity contribution in [3.05, 3.63) is 54.1 Å². The highest BCUT2D eigenvalue weighted by Crippen LogP contribution is 2.40. The van der Waals surface area contributed by atoms with Gasteiger partial charge in [0.1, 0.15) is 11.5 Å². The van der Waals surface area contributed by atoms with Crippen molar-refractivity contribution in [2.75, 3.05) is 19.5 Å². The molecule has 3 heteroatoms. The molecule has 3 nitrogen and oxygen atoms in total. The standard InChI is InChI=1S/C18H21NO2/c1-20-16-8-9-17(18(12-16)21-2)19-15-10-14(11-15)13-6-4-3-5-7-13/h3-9,12,14-15,19H,10-11H2,1-2H3. The quantitative estimate of drug-likeness (QED) is 0.897. The van der Waals surface area contributed by atoms with E-state index in [4.69, 9.17) is 9.47 Å². The summed E-state index contributed by atoms with van der Waals surface area (Å²) in [4.78, 5) is 0. The molecule has 0 heterocycles. The Labute approximate surface area is 125 Å². The Bertz CT molecular complexity index is 591. The summed E-state index contributed by atoms with van der Waals surface area (Å²) in [6, 6.07) is 17.1. The molecule has 1 saturated carbocycles. The summed E-state index contributed by atoms with van der Waals surface area (Å²) in [5, 5.41) is 3.57. The summed E-state index contributed by atoms with van der Waals surface area (Å²) in [6.07, 6.45) is 2.33. The third-order valence-electron chi connectivity index (χ3n) is 4.18. The van der Waals surface area contributed by atoms with Crippen LogP contribution in [0.15, 0.2) is 48.5 Å². The maximum atomic E-state index is 5.43. The molecule has 0 amide bonds. The van der Waals surface area contributed by atoms with Gasteiger partial charge in [0.15, 0.2) is 0 Å². The Morgan fingerprint density at radius 1 is 0.952 bits per heavy atom. The van der Waals surface area contributed by atoms with Gasteiger partial charge in [0.05, 0.1) is 19.9 Å². The SMILES string of the molecule is COc1ccc(NC2CC(c3ccccc3)C2)c(OC)c1. The molecule has 0 unspecified atom stereocenters. The Morgan fingerprint density at radius 3 is 2.38 bits per heavy atom. The lowest BCUT2D eigenvalue weighted by atomic mass is 9.76. The summed E-state index contributed by atoms with van der Waals surface area (Å²) < 4.78 is 10.7. The van der Waals surface area contributed by atoms with E-state index in [-0.39, 0.29) is 0 Å². The minimum absolute atomic E-state index is 0.512. The molecule has 0 aliphatic heterocycles. The molecular formula is C18H21NO2. The molecule has 2 aromatic rings. The molecule has 0 radical (unpaired) electrons. The van der Waals surface area contributed by atoms with Crippen LogP contribution in [0.1, 0.15) is 24.3 Å². The normalized spacial score (nSPS) is 20.5. The summed E-state index contributed by atoms with van der Waals surface area (Å²) in [7, 11) is 3.35. The predicted molar refractivity (Wildman–Crippen MR) is 85.4 cm³/mol. The van der Waals surface area contributed by atoms with E-state index >= 15 is 0 Å². The maximum absolute atomic E-state index is 5.43. The fourth-order valence-electron chi connectivity index (χ4n) is 2.87. The number of ether oxygens (including phenoxy) is 2. The van der Waals surface area contributed by atoms with Gasteiger partial charge >= 0.3 is 0 Å². The number of rotatable bonds is 5. The van der Waals surface area contributed by atoms with Crippen LogP contribution in [0.25, 0.3) is 0 Å². The van der Waals surface area contributed by atoms with Gasteiger partial charge in [0, 0.05) is 12.1 Å². The van der Waals surface area contributed by atoms with Crippen molar-refractivity contribution in [1.29, 1.82) is 0 Å². The summed E-state index contributed by atoms with van der Waals surface area (Å²) in [5.74, 6) is 2.32. The minimum Gasteiger partial charge on any atom is -0.497 e. The van der Waals surface area contributed by atoms with Crippen molar-refractivity contribution < 1.29 is 9.47 Å². The Balaban J connectivity index is 1.62. The summed E-state index contributed by atoms with van der Waals surface area (Å²) >= 11 is 0. The molecule has 1 aliphatic carbocycles. The molecule has 0 spiro atoms. The van der Waals surface area contributed by atoms with Crippen molar-refractivity contribution in [3.8, 4) is 11.5 Å². The first-order valence-corrected chi connectivity index (χ1v) is 7.33. The average Bonchev–Trinajstić information content (AvgIpc) is 2.51. The number of benzene rings is 2. The fourth-order valence-corrected chi connectivity index (χ4v) is 2.87. The van der Waals surface area contributed by atoms with Gasteiger partial charge in [-0.05, 0) is 36.5 Å². The molecule has 21 heavy (non-hydrogen) atoms. The zero-order chi connectivity index (χ0) is 14.7. The highest BCUT2D eigenvalue weighted by atomic mass is 16.5. The second-order valence-corrected chi connectivity index (χ2v) is 5.49. The van der Waals surface area contributed by atoms with Crippen molar-refractivity contribution in [2.45, 2.75) is 24.8 Å². The highest BCUT2D eigenvalue weighted by molar-refractivity contribution is 5.60. The minimum atomic E-state index is 0.512. The topological polar surface area (TPSA) is 30.5 Å². The van der Waals surface area contributed by atoms with E-state index < -0.39 is 0 Å². The molecule has 1 aliphatic rings. The number of methoxy groups -OCH3 is 2. The van der Waals surface area contributed by atoms with E-state index in [1.165, 1.54) is 18.4 Å². The summed E-state index contributed by atoms with van der Waals surface area (Å²) in [5.41, 5.74) is 2.48. The van der Waals surface area contributed by atoms with Crippen molar-refractivity contribution in [3.63, 3.8) is 0 Å². The molecule has 0 aromatic heterocycles. The molecule has 2 aromatic carbocycles. The van der Waals surface area contributed by atoms with Crippen LogP contribution in [0.4, 0.5) is 5.69 Å². The van der Waals surface area contributed by atoms with Crippen molar-refractivity contribution in [1.82, 2.24) is 0 Å².